The van der Waals surface area contributed by atoms with Crippen molar-refractivity contribution in [3.8, 4) is 11.5 Å². The minimum absolute atomic E-state index is 0.0532. The number of anilines is 1. The minimum Gasteiger partial charge on any atom is -0.493 e. The van der Waals surface area contributed by atoms with Crippen LogP contribution in [0.5, 0.6) is 11.5 Å². The molecule has 3 N–H and O–H groups in total. The fourth-order valence-electron chi connectivity index (χ4n) is 2.69. The first-order valence-corrected chi connectivity index (χ1v) is 8.34. The van der Waals surface area contributed by atoms with Gasteiger partial charge in [0.1, 0.15) is 0 Å². The summed E-state index contributed by atoms with van der Waals surface area (Å²) in [5.74, 6) is 1.05. The molecule has 1 heterocycles. The van der Waals surface area contributed by atoms with Crippen molar-refractivity contribution in [2.45, 2.75) is 12.5 Å². The summed E-state index contributed by atoms with van der Waals surface area (Å²) >= 11 is 0. The molecular formula is C17H25N3O6. The number of urea groups is 1. The van der Waals surface area contributed by atoms with Crippen molar-refractivity contribution in [3.05, 3.63) is 18.2 Å². The van der Waals surface area contributed by atoms with Gasteiger partial charge in [0.25, 0.3) is 0 Å². The Morgan fingerprint density at radius 2 is 2.04 bits per heavy atom. The van der Waals surface area contributed by atoms with Crippen LogP contribution in [-0.2, 0) is 9.53 Å². The van der Waals surface area contributed by atoms with Crippen molar-refractivity contribution in [3.63, 3.8) is 0 Å². The first kappa shape index (κ1) is 19.8. The lowest BCUT2D eigenvalue weighted by Crippen LogP contribution is -2.44. The zero-order valence-electron chi connectivity index (χ0n) is 15.0. The number of aliphatic hydroxyl groups is 1. The molecule has 1 saturated heterocycles. The number of hydrogen-bond donors (Lipinski definition) is 3. The molecule has 26 heavy (non-hydrogen) atoms. The van der Waals surface area contributed by atoms with Crippen molar-refractivity contribution in [2.24, 2.45) is 0 Å². The lowest BCUT2D eigenvalue weighted by Gasteiger charge is -2.19. The smallest absolute Gasteiger partial charge is 0.315 e. The Hall–Kier alpha value is -2.52. The van der Waals surface area contributed by atoms with Crippen LogP contribution in [0.15, 0.2) is 18.2 Å². The van der Waals surface area contributed by atoms with E-state index in [0.29, 0.717) is 36.9 Å². The third-order valence-electron chi connectivity index (χ3n) is 3.91. The predicted octanol–water partition coefficient (Wildman–Crippen LogP) is 0.117. The van der Waals surface area contributed by atoms with Crippen molar-refractivity contribution < 1.29 is 28.9 Å². The number of carbonyl (C=O) groups is 2. The van der Waals surface area contributed by atoms with E-state index in [2.05, 4.69) is 10.6 Å². The lowest BCUT2D eigenvalue weighted by atomic mass is 10.2. The SMILES string of the molecule is COc1ccc(N2C[C@@H](NC(=O)NCCOCCO)CC2=O)cc1OC. The van der Waals surface area contributed by atoms with Crippen molar-refractivity contribution in [1.29, 1.82) is 0 Å². The van der Waals surface area contributed by atoms with Crippen LogP contribution in [0.3, 0.4) is 0 Å². The molecule has 1 aliphatic heterocycles. The Balaban J connectivity index is 1.87. The zero-order valence-corrected chi connectivity index (χ0v) is 15.0. The topological polar surface area (TPSA) is 109 Å². The molecule has 1 aromatic carbocycles. The second-order valence-electron chi connectivity index (χ2n) is 5.68. The number of amides is 3. The number of nitrogens with zero attached hydrogens (tertiary/aromatic N) is 1. The Labute approximate surface area is 152 Å². The van der Waals surface area contributed by atoms with Crippen molar-refractivity contribution in [1.82, 2.24) is 10.6 Å². The molecule has 0 saturated carbocycles. The summed E-state index contributed by atoms with van der Waals surface area (Å²) < 4.78 is 15.5. The molecule has 0 aromatic heterocycles. The Morgan fingerprint density at radius 3 is 2.73 bits per heavy atom. The van der Waals surface area contributed by atoms with Gasteiger partial charge in [0.15, 0.2) is 11.5 Å². The number of nitrogens with one attached hydrogen (secondary N) is 2. The highest BCUT2D eigenvalue weighted by atomic mass is 16.5. The number of carbonyl (C=O) groups excluding carboxylic acids is 2. The number of rotatable bonds is 9. The van der Waals surface area contributed by atoms with Gasteiger partial charge in [-0.3, -0.25) is 4.79 Å². The van der Waals surface area contributed by atoms with Crippen LogP contribution in [-0.4, -0.2) is 70.2 Å². The number of benzene rings is 1. The summed E-state index contributed by atoms with van der Waals surface area (Å²) in [6.45, 7) is 1.20. The Morgan fingerprint density at radius 1 is 1.27 bits per heavy atom. The second kappa shape index (κ2) is 9.83. The normalized spacial score (nSPS) is 16.5. The highest BCUT2D eigenvalue weighted by Gasteiger charge is 2.32. The quantitative estimate of drug-likeness (QED) is 0.535. The van der Waals surface area contributed by atoms with E-state index in [-0.39, 0.29) is 37.6 Å². The molecule has 144 valence electrons. The summed E-state index contributed by atoms with van der Waals surface area (Å²) in [4.78, 5) is 25.8. The van der Waals surface area contributed by atoms with Crippen LogP contribution in [0, 0.1) is 0 Å². The fraction of sp³-hybridized carbons (Fsp3) is 0.529. The fourth-order valence-corrected chi connectivity index (χ4v) is 2.69. The van der Waals surface area contributed by atoms with E-state index < -0.39 is 0 Å². The highest BCUT2D eigenvalue weighted by molar-refractivity contribution is 5.97. The average molecular weight is 367 g/mol. The van der Waals surface area contributed by atoms with Gasteiger partial charge in [-0.2, -0.15) is 0 Å². The van der Waals surface area contributed by atoms with E-state index in [1.54, 1.807) is 30.2 Å². The first-order valence-electron chi connectivity index (χ1n) is 8.34. The molecule has 1 aromatic rings. The summed E-state index contributed by atoms with van der Waals surface area (Å²) in [5.41, 5.74) is 0.690. The molecule has 0 spiro atoms. The zero-order chi connectivity index (χ0) is 18.9. The molecule has 0 radical (unpaired) electrons. The van der Waals surface area contributed by atoms with Gasteiger partial charge in [-0.05, 0) is 12.1 Å². The molecule has 2 rings (SSSR count). The lowest BCUT2D eigenvalue weighted by molar-refractivity contribution is -0.117. The molecule has 9 heteroatoms. The van der Waals surface area contributed by atoms with E-state index in [1.165, 1.54) is 7.11 Å². The van der Waals surface area contributed by atoms with E-state index in [4.69, 9.17) is 19.3 Å². The maximum Gasteiger partial charge on any atom is 0.315 e. The monoisotopic (exact) mass is 367 g/mol. The third kappa shape index (κ3) is 5.24. The van der Waals surface area contributed by atoms with Crippen LogP contribution >= 0.6 is 0 Å². The first-order chi connectivity index (χ1) is 12.6. The summed E-state index contributed by atoms with van der Waals surface area (Å²) in [6.07, 6.45) is 0.225. The van der Waals surface area contributed by atoms with Gasteiger partial charge < -0.3 is 34.9 Å². The van der Waals surface area contributed by atoms with E-state index in [0.717, 1.165) is 0 Å². The molecule has 9 nitrogen and oxygen atoms in total. The standard InChI is InChI=1S/C17H25N3O6/c1-24-14-4-3-13(10-15(14)25-2)20-11-12(9-16(20)22)19-17(23)18-5-7-26-8-6-21/h3-4,10,12,21H,5-9,11H2,1-2H3,(H2,18,19,23)/t12-/m0/s1. The molecule has 0 unspecified atom stereocenters. The largest absolute Gasteiger partial charge is 0.493 e. The molecule has 1 fully saturated rings. The summed E-state index contributed by atoms with van der Waals surface area (Å²) in [6, 6.07) is 4.61. The summed E-state index contributed by atoms with van der Waals surface area (Å²) in [7, 11) is 3.08. The second-order valence-corrected chi connectivity index (χ2v) is 5.68. The van der Waals surface area contributed by atoms with Crippen LogP contribution in [0.4, 0.5) is 10.5 Å². The van der Waals surface area contributed by atoms with E-state index >= 15 is 0 Å². The molecule has 1 aliphatic rings. The van der Waals surface area contributed by atoms with Crippen LogP contribution in [0.2, 0.25) is 0 Å². The minimum atomic E-state index is -0.357. The van der Waals surface area contributed by atoms with Gasteiger partial charge in [0.2, 0.25) is 5.91 Å². The van der Waals surface area contributed by atoms with Crippen LogP contribution in [0.25, 0.3) is 0 Å². The van der Waals surface area contributed by atoms with Gasteiger partial charge in [-0.1, -0.05) is 0 Å². The number of methoxy groups -OCH3 is 2. The van der Waals surface area contributed by atoms with Gasteiger partial charge in [0.05, 0.1) is 40.1 Å². The Kier molecular flexibility index (Phi) is 7.49. The van der Waals surface area contributed by atoms with Gasteiger partial charge >= 0.3 is 6.03 Å². The van der Waals surface area contributed by atoms with Crippen molar-refractivity contribution >= 4 is 17.6 Å². The third-order valence-corrected chi connectivity index (χ3v) is 3.91. The van der Waals surface area contributed by atoms with Crippen LogP contribution in [0.1, 0.15) is 6.42 Å². The summed E-state index contributed by atoms with van der Waals surface area (Å²) in [5, 5.41) is 14.0. The molecule has 0 aliphatic carbocycles. The molecular weight excluding hydrogens is 342 g/mol. The highest BCUT2D eigenvalue weighted by Crippen LogP contribution is 2.33. The average Bonchev–Trinajstić information content (AvgIpc) is 3.00. The molecule has 3 amide bonds. The van der Waals surface area contributed by atoms with Gasteiger partial charge in [0, 0.05) is 31.3 Å². The van der Waals surface area contributed by atoms with Gasteiger partial charge in [-0.25, -0.2) is 4.79 Å². The number of hydrogen-bond acceptors (Lipinski definition) is 6. The van der Waals surface area contributed by atoms with Gasteiger partial charge in [-0.15, -0.1) is 0 Å². The Bertz CT molecular complexity index is 625. The van der Waals surface area contributed by atoms with E-state index in [9.17, 15) is 9.59 Å². The van der Waals surface area contributed by atoms with E-state index in [1.807, 2.05) is 0 Å². The van der Waals surface area contributed by atoms with Crippen LogP contribution < -0.4 is 25.0 Å². The maximum atomic E-state index is 12.3. The maximum absolute atomic E-state index is 12.3. The number of aliphatic hydroxyl groups excluding tert-OH is 1. The number of ether oxygens (including phenoxy) is 3. The predicted molar refractivity (Wildman–Crippen MR) is 94.7 cm³/mol. The molecule has 0 bridgehead atoms. The van der Waals surface area contributed by atoms with Crippen molar-refractivity contribution in [2.75, 3.05) is 52.0 Å². The molecule has 1 atom stereocenters.